The Bertz CT molecular complexity index is 622. The molecule has 4 heteroatoms. The van der Waals surface area contributed by atoms with Gasteiger partial charge in [-0.15, -0.1) is 0 Å². The molecule has 1 N–H and O–H groups in total. The van der Waals surface area contributed by atoms with Gasteiger partial charge in [-0.3, -0.25) is 4.79 Å². The number of hydrogen-bond donors (Lipinski definition) is 1. The Hall–Kier alpha value is -1.81. The SMILES string of the molecule is O=C(CCc1ccsc1)NCCOc1ccc2c(c1)CCC2. The maximum atomic E-state index is 11.7. The molecule has 0 fully saturated rings. The average Bonchev–Trinajstić information content (AvgIpc) is 3.20. The molecule has 0 saturated heterocycles. The standard InChI is InChI=1S/C18H21NO2S/c20-18(7-4-14-8-11-22-13-14)19-9-10-21-17-6-5-15-2-1-3-16(15)12-17/h5-6,8,11-13H,1-4,7,9-10H2,(H,19,20). The molecule has 1 aromatic heterocycles. The van der Waals surface area contributed by atoms with Gasteiger partial charge in [-0.2, -0.15) is 11.3 Å². The van der Waals surface area contributed by atoms with Crippen LogP contribution in [0.25, 0.3) is 0 Å². The topological polar surface area (TPSA) is 38.3 Å². The summed E-state index contributed by atoms with van der Waals surface area (Å²) in [7, 11) is 0. The van der Waals surface area contributed by atoms with Crippen molar-refractivity contribution in [2.75, 3.05) is 13.2 Å². The molecule has 1 aliphatic carbocycles. The van der Waals surface area contributed by atoms with E-state index in [1.54, 1.807) is 11.3 Å². The minimum atomic E-state index is 0.0868. The van der Waals surface area contributed by atoms with Gasteiger partial charge in [-0.05, 0) is 71.3 Å². The van der Waals surface area contributed by atoms with Crippen LogP contribution in [0.3, 0.4) is 0 Å². The Labute approximate surface area is 135 Å². The highest BCUT2D eigenvalue weighted by Crippen LogP contribution is 2.25. The van der Waals surface area contributed by atoms with E-state index in [1.165, 1.54) is 29.5 Å². The maximum Gasteiger partial charge on any atom is 0.220 e. The minimum Gasteiger partial charge on any atom is -0.492 e. The van der Waals surface area contributed by atoms with Crippen LogP contribution >= 0.6 is 11.3 Å². The van der Waals surface area contributed by atoms with Gasteiger partial charge in [-0.25, -0.2) is 0 Å². The molecule has 0 radical (unpaired) electrons. The number of rotatable bonds is 7. The highest BCUT2D eigenvalue weighted by atomic mass is 32.1. The first-order valence-corrected chi connectivity index (χ1v) is 8.78. The highest BCUT2D eigenvalue weighted by Gasteiger charge is 2.11. The van der Waals surface area contributed by atoms with Crippen molar-refractivity contribution in [1.82, 2.24) is 5.32 Å². The first kappa shape index (κ1) is 15.1. The zero-order chi connectivity index (χ0) is 15.2. The monoisotopic (exact) mass is 315 g/mol. The molecule has 3 nitrogen and oxygen atoms in total. The van der Waals surface area contributed by atoms with Gasteiger partial charge in [0, 0.05) is 6.42 Å². The normalized spacial score (nSPS) is 12.9. The van der Waals surface area contributed by atoms with E-state index < -0.39 is 0 Å². The Morgan fingerprint density at radius 2 is 2.14 bits per heavy atom. The molecule has 116 valence electrons. The molecule has 3 rings (SSSR count). The van der Waals surface area contributed by atoms with E-state index in [0.29, 0.717) is 19.6 Å². The van der Waals surface area contributed by atoms with E-state index in [2.05, 4.69) is 28.9 Å². The van der Waals surface area contributed by atoms with Crippen LogP contribution in [0.15, 0.2) is 35.0 Å². The van der Waals surface area contributed by atoms with Crippen LogP contribution in [0.5, 0.6) is 5.75 Å². The van der Waals surface area contributed by atoms with E-state index >= 15 is 0 Å². The lowest BCUT2D eigenvalue weighted by Crippen LogP contribution is -2.28. The van der Waals surface area contributed by atoms with Gasteiger partial charge in [-0.1, -0.05) is 6.07 Å². The third kappa shape index (κ3) is 4.10. The predicted octanol–water partition coefficient (Wildman–Crippen LogP) is 3.36. The zero-order valence-electron chi connectivity index (χ0n) is 12.6. The van der Waals surface area contributed by atoms with Gasteiger partial charge < -0.3 is 10.1 Å². The van der Waals surface area contributed by atoms with Gasteiger partial charge in [0.25, 0.3) is 0 Å². The van der Waals surface area contributed by atoms with Crippen molar-refractivity contribution in [3.05, 3.63) is 51.7 Å². The number of thiophene rings is 1. The van der Waals surface area contributed by atoms with Crippen molar-refractivity contribution >= 4 is 17.2 Å². The number of nitrogens with one attached hydrogen (secondary N) is 1. The second kappa shape index (κ2) is 7.45. The summed E-state index contributed by atoms with van der Waals surface area (Å²) in [4.78, 5) is 11.7. The molecule has 1 amide bonds. The van der Waals surface area contributed by atoms with Gasteiger partial charge in [0.1, 0.15) is 12.4 Å². The van der Waals surface area contributed by atoms with E-state index in [4.69, 9.17) is 4.74 Å². The summed E-state index contributed by atoms with van der Waals surface area (Å²) in [5.41, 5.74) is 4.10. The summed E-state index contributed by atoms with van der Waals surface area (Å²) in [6, 6.07) is 8.40. The van der Waals surface area contributed by atoms with Crippen molar-refractivity contribution in [3.8, 4) is 5.75 Å². The van der Waals surface area contributed by atoms with Gasteiger partial charge >= 0.3 is 0 Å². The lowest BCUT2D eigenvalue weighted by Gasteiger charge is -2.09. The molecular weight excluding hydrogens is 294 g/mol. The average molecular weight is 315 g/mol. The summed E-state index contributed by atoms with van der Waals surface area (Å²) in [6.45, 7) is 1.07. The van der Waals surface area contributed by atoms with Gasteiger partial charge in [0.15, 0.2) is 0 Å². The molecule has 0 atom stereocenters. The number of carbonyl (C=O) groups excluding carboxylic acids is 1. The van der Waals surface area contributed by atoms with Crippen LogP contribution in [0.4, 0.5) is 0 Å². The Morgan fingerprint density at radius 3 is 3.00 bits per heavy atom. The number of fused-ring (bicyclic) bond motifs is 1. The largest absolute Gasteiger partial charge is 0.492 e. The predicted molar refractivity (Wildman–Crippen MR) is 89.6 cm³/mol. The van der Waals surface area contributed by atoms with Gasteiger partial charge in [0.2, 0.25) is 5.91 Å². The van der Waals surface area contributed by atoms with Crippen molar-refractivity contribution in [1.29, 1.82) is 0 Å². The Morgan fingerprint density at radius 1 is 1.23 bits per heavy atom. The van der Waals surface area contributed by atoms with E-state index in [-0.39, 0.29) is 5.91 Å². The fourth-order valence-electron chi connectivity index (χ4n) is 2.78. The maximum absolute atomic E-state index is 11.7. The van der Waals surface area contributed by atoms with Crippen LogP contribution in [0, 0.1) is 0 Å². The first-order chi connectivity index (χ1) is 10.8. The van der Waals surface area contributed by atoms with Gasteiger partial charge in [0.05, 0.1) is 6.54 Å². The molecule has 0 unspecified atom stereocenters. The van der Waals surface area contributed by atoms with Crippen LogP contribution in [-0.4, -0.2) is 19.1 Å². The van der Waals surface area contributed by atoms with E-state index in [1.807, 2.05) is 11.4 Å². The second-order valence-electron chi connectivity index (χ2n) is 5.61. The fourth-order valence-corrected chi connectivity index (χ4v) is 3.48. The third-order valence-electron chi connectivity index (χ3n) is 3.98. The van der Waals surface area contributed by atoms with Crippen LogP contribution in [0.2, 0.25) is 0 Å². The summed E-state index contributed by atoms with van der Waals surface area (Å²) in [6.07, 6.45) is 4.94. The minimum absolute atomic E-state index is 0.0868. The molecular formula is C18H21NO2S. The van der Waals surface area contributed by atoms with Crippen LogP contribution < -0.4 is 10.1 Å². The van der Waals surface area contributed by atoms with Crippen molar-refractivity contribution < 1.29 is 9.53 Å². The van der Waals surface area contributed by atoms with Crippen molar-refractivity contribution in [2.45, 2.75) is 32.1 Å². The summed E-state index contributed by atoms with van der Waals surface area (Å²) in [5, 5.41) is 7.03. The number of hydrogen-bond acceptors (Lipinski definition) is 3. The fraction of sp³-hybridized carbons (Fsp3) is 0.389. The zero-order valence-corrected chi connectivity index (χ0v) is 13.5. The number of benzene rings is 1. The molecule has 1 aliphatic rings. The van der Waals surface area contributed by atoms with Crippen molar-refractivity contribution in [3.63, 3.8) is 0 Å². The molecule has 1 heterocycles. The molecule has 0 bridgehead atoms. The molecule has 0 aliphatic heterocycles. The second-order valence-corrected chi connectivity index (χ2v) is 6.39. The lowest BCUT2D eigenvalue weighted by atomic mass is 10.1. The van der Waals surface area contributed by atoms with Crippen molar-refractivity contribution in [2.24, 2.45) is 0 Å². The molecule has 22 heavy (non-hydrogen) atoms. The molecule has 0 spiro atoms. The molecule has 1 aromatic carbocycles. The highest BCUT2D eigenvalue weighted by molar-refractivity contribution is 7.07. The lowest BCUT2D eigenvalue weighted by molar-refractivity contribution is -0.121. The Balaban J connectivity index is 1.34. The third-order valence-corrected chi connectivity index (χ3v) is 4.72. The van der Waals surface area contributed by atoms with Crippen LogP contribution in [-0.2, 0) is 24.1 Å². The smallest absolute Gasteiger partial charge is 0.220 e. The summed E-state index contributed by atoms with van der Waals surface area (Å²) >= 11 is 1.67. The summed E-state index contributed by atoms with van der Waals surface area (Å²) < 4.78 is 5.72. The number of amides is 1. The van der Waals surface area contributed by atoms with Crippen LogP contribution in [0.1, 0.15) is 29.5 Å². The summed E-state index contributed by atoms with van der Waals surface area (Å²) in [5.74, 6) is 0.997. The van der Waals surface area contributed by atoms with E-state index in [0.717, 1.165) is 18.6 Å². The molecule has 0 saturated carbocycles. The number of carbonyl (C=O) groups is 1. The quantitative estimate of drug-likeness (QED) is 0.796. The first-order valence-electron chi connectivity index (χ1n) is 7.83. The molecule has 2 aromatic rings. The Kier molecular flexibility index (Phi) is 5.11. The number of ether oxygens (including phenoxy) is 1. The number of aryl methyl sites for hydroxylation is 3. The van der Waals surface area contributed by atoms with E-state index in [9.17, 15) is 4.79 Å².